The molecular formula is C22H26N4O. The smallest absolute Gasteiger partial charge is 0.258 e. The largest absolute Gasteiger partial charge is 0.331 e. The summed E-state index contributed by atoms with van der Waals surface area (Å²) in [6.07, 6.45) is 6.80. The molecule has 0 unspecified atom stereocenters. The Bertz CT molecular complexity index is 929. The van der Waals surface area contributed by atoms with E-state index in [0.717, 1.165) is 37.9 Å². The van der Waals surface area contributed by atoms with Crippen molar-refractivity contribution in [1.29, 1.82) is 0 Å². The van der Waals surface area contributed by atoms with Gasteiger partial charge in [0.2, 0.25) is 0 Å². The quantitative estimate of drug-likeness (QED) is 0.709. The number of carbonyl (C=O) groups excluding carboxylic acids is 1. The summed E-state index contributed by atoms with van der Waals surface area (Å²) in [4.78, 5) is 17.5. The van der Waals surface area contributed by atoms with Crippen LogP contribution in [-0.4, -0.2) is 46.0 Å². The first-order chi connectivity index (χ1) is 13.1. The van der Waals surface area contributed by atoms with Crippen molar-refractivity contribution in [3.63, 3.8) is 0 Å². The number of likely N-dealkylation sites (tertiary alicyclic amines) is 1. The highest BCUT2D eigenvalue weighted by Gasteiger charge is 2.30. The van der Waals surface area contributed by atoms with Crippen molar-refractivity contribution < 1.29 is 4.79 Å². The Kier molecular flexibility index (Phi) is 4.94. The molecule has 1 aromatic carbocycles. The molecule has 4 rings (SSSR count). The minimum Gasteiger partial charge on any atom is -0.331 e. The molecule has 0 spiro atoms. The van der Waals surface area contributed by atoms with Crippen LogP contribution in [0.2, 0.25) is 0 Å². The van der Waals surface area contributed by atoms with E-state index in [-0.39, 0.29) is 11.9 Å². The number of hydrogen-bond donors (Lipinski definition) is 0. The van der Waals surface area contributed by atoms with E-state index in [9.17, 15) is 4.79 Å². The van der Waals surface area contributed by atoms with Gasteiger partial charge in [0.05, 0.1) is 23.3 Å². The molecule has 0 bridgehead atoms. The summed E-state index contributed by atoms with van der Waals surface area (Å²) in [5.41, 5.74) is 4.07. The third-order valence-electron chi connectivity index (χ3n) is 5.28. The summed E-state index contributed by atoms with van der Waals surface area (Å²) in [6, 6.07) is 14.7. The van der Waals surface area contributed by atoms with E-state index in [2.05, 4.69) is 48.4 Å². The van der Waals surface area contributed by atoms with Crippen molar-refractivity contribution in [3.05, 3.63) is 71.5 Å². The summed E-state index contributed by atoms with van der Waals surface area (Å²) in [7, 11) is 4.15. The first kappa shape index (κ1) is 17.7. The molecule has 0 aliphatic carbocycles. The van der Waals surface area contributed by atoms with Crippen molar-refractivity contribution in [1.82, 2.24) is 19.4 Å². The van der Waals surface area contributed by atoms with Gasteiger partial charge in [-0.15, -0.1) is 0 Å². The summed E-state index contributed by atoms with van der Waals surface area (Å²) >= 11 is 0. The van der Waals surface area contributed by atoms with Gasteiger partial charge in [-0.25, -0.2) is 4.52 Å². The zero-order chi connectivity index (χ0) is 18.8. The van der Waals surface area contributed by atoms with Crippen LogP contribution in [0.1, 0.15) is 46.8 Å². The molecule has 3 aromatic rings. The number of pyridine rings is 1. The zero-order valence-corrected chi connectivity index (χ0v) is 16.0. The summed E-state index contributed by atoms with van der Waals surface area (Å²) in [5, 5.41) is 4.34. The Morgan fingerprint density at radius 2 is 1.96 bits per heavy atom. The molecule has 27 heavy (non-hydrogen) atoms. The van der Waals surface area contributed by atoms with Gasteiger partial charge < -0.3 is 9.80 Å². The summed E-state index contributed by atoms with van der Waals surface area (Å²) in [5.74, 6) is 0.0817. The lowest BCUT2D eigenvalue weighted by Crippen LogP contribution is -2.38. The van der Waals surface area contributed by atoms with Crippen molar-refractivity contribution >= 4 is 11.4 Å². The molecule has 1 amide bonds. The molecule has 1 aliphatic heterocycles. The Balaban J connectivity index is 1.61. The second kappa shape index (κ2) is 7.53. The van der Waals surface area contributed by atoms with E-state index in [4.69, 9.17) is 0 Å². The molecule has 1 saturated heterocycles. The van der Waals surface area contributed by atoms with Gasteiger partial charge in [-0.05, 0) is 56.6 Å². The van der Waals surface area contributed by atoms with Crippen molar-refractivity contribution in [2.45, 2.75) is 31.8 Å². The minimum atomic E-state index is 0.0817. The molecule has 0 saturated carbocycles. The van der Waals surface area contributed by atoms with Crippen LogP contribution in [0.5, 0.6) is 0 Å². The van der Waals surface area contributed by atoms with Gasteiger partial charge in [0, 0.05) is 19.3 Å². The highest BCUT2D eigenvalue weighted by molar-refractivity contribution is 6.00. The second-order valence-electron chi connectivity index (χ2n) is 7.58. The number of aromatic nitrogens is 2. The maximum Gasteiger partial charge on any atom is 0.258 e. The van der Waals surface area contributed by atoms with Gasteiger partial charge in [0.15, 0.2) is 0 Å². The van der Waals surface area contributed by atoms with Gasteiger partial charge in [0.1, 0.15) is 0 Å². The maximum atomic E-state index is 13.3. The fourth-order valence-electron chi connectivity index (χ4n) is 3.99. The van der Waals surface area contributed by atoms with Crippen LogP contribution in [0.4, 0.5) is 0 Å². The molecule has 1 aliphatic rings. The first-order valence-corrected chi connectivity index (χ1v) is 9.60. The standard InChI is InChI=1S/C22H26N4O/c1-24(2)16-17-9-11-18(12-10-17)20-7-3-5-13-25(20)22(27)19-15-23-26-14-6-4-8-21(19)26/h4,6,8-12,14-15,20H,3,5,7,13,16H2,1-2H3/t20-/m0/s1. The van der Waals surface area contributed by atoms with Crippen LogP contribution >= 0.6 is 0 Å². The van der Waals surface area contributed by atoms with E-state index in [1.807, 2.05) is 29.3 Å². The zero-order valence-electron chi connectivity index (χ0n) is 16.0. The third-order valence-corrected chi connectivity index (χ3v) is 5.28. The average Bonchev–Trinajstić information content (AvgIpc) is 3.12. The molecular weight excluding hydrogens is 336 g/mol. The highest BCUT2D eigenvalue weighted by Crippen LogP contribution is 2.33. The second-order valence-corrected chi connectivity index (χ2v) is 7.58. The molecule has 0 radical (unpaired) electrons. The van der Waals surface area contributed by atoms with Gasteiger partial charge in [-0.3, -0.25) is 4.79 Å². The van der Waals surface area contributed by atoms with Gasteiger partial charge in [-0.1, -0.05) is 30.3 Å². The maximum absolute atomic E-state index is 13.3. The first-order valence-electron chi connectivity index (χ1n) is 9.60. The van der Waals surface area contributed by atoms with E-state index in [0.29, 0.717) is 5.56 Å². The Morgan fingerprint density at radius 1 is 1.15 bits per heavy atom. The van der Waals surface area contributed by atoms with Crippen molar-refractivity contribution in [2.75, 3.05) is 20.6 Å². The minimum absolute atomic E-state index is 0.0817. The van der Waals surface area contributed by atoms with Crippen LogP contribution < -0.4 is 0 Å². The third kappa shape index (κ3) is 3.60. The lowest BCUT2D eigenvalue weighted by Gasteiger charge is -2.36. The number of benzene rings is 1. The predicted molar refractivity (Wildman–Crippen MR) is 107 cm³/mol. The molecule has 5 nitrogen and oxygen atoms in total. The van der Waals surface area contributed by atoms with Crippen LogP contribution in [-0.2, 0) is 6.54 Å². The molecule has 1 fully saturated rings. The number of amides is 1. The SMILES string of the molecule is CN(C)Cc1ccc([C@@H]2CCCCN2C(=O)c2cnn3ccccc23)cc1. The topological polar surface area (TPSA) is 40.8 Å². The number of piperidine rings is 1. The molecule has 2 aromatic heterocycles. The summed E-state index contributed by atoms with van der Waals surface area (Å²) in [6.45, 7) is 1.73. The van der Waals surface area contributed by atoms with Crippen molar-refractivity contribution in [3.8, 4) is 0 Å². The normalized spacial score (nSPS) is 17.6. The fourth-order valence-corrected chi connectivity index (χ4v) is 3.99. The van der Waals surface area contributed by atoms with Gasteiger partial charge >= 0.3 is 0 Å². The number of fused-ring (bicyclic) bond motifs is 1. The van der Waals surface area contributed by atoms with Crippen LogP contribution in [0.3, 0.4) is 0 Å². The number of rotatable bonds is 4. The van der Waals surface area contributed by atoms with Crippen molar-refractivity contribution in [2.24, 2.45) is 0 Å². The van der Waals surface area contributed by atoms with Gasteiger partial charge in [-0.2, -0.15) is 5.10 Å². The molecule has 1 atom stereocenters. The number of hydrogen-bond acceptors (Lipinski definition) is 3. The van der Waals surface area contributed by atoms with E-state index in [1.165, 1.54) is 11.1 Å². The van der Waals surface area contributed by atoms with Crippen LogP contribution in [0.15, 0.2) is 54.9 Å². The lowest BCUT2D eigenvalue weighted by atomic mass is 9.94. The van der Waals surface area contributed by atoms with Crippen LogP contribution in [0, 0.1) is 0 Å². The highest BCUT2D eigenvalue weighted by atomic mass is 16.2. The Labute approximate surface area is 160 Å². The lowest BCUT2D eigenvalue weighted by molar-refractivity contribution is 0.0613. The number of carbonyl (C=O) groups is 1. The molecule has 3 heterocycles. The van der Waals surface area contributed by atoms with E-state index >= 15 is 0 Å². The fraction of sp³-hybridized carbons (Fsp3) is 0.364. The number of nitrogens with zero attached hydrogens (tertiary/aromatic N) is 4. The van der Waals surface area contributed by atoms with E-state index in [1.54, 1.807) is 10.7 Å². The molecule has 5 heteroatoms. The Morgan fingerprint density at radius 3 is 2.74 bits per heavy atom. The molecule has 140 valence electrons. The van der Waals surface area contributed by atoms with E-state index < -0.39 is 0 Å². The Hall–Kier alpha value is -2.66. The molecule has 0 N–H and O–H groups in total. The summed E-state index contributed by atoms with van der Waals surface area (Å²) < 4.78 is 1.77. The average molecular weight is 362 g/mol. The monoisotopic (exact) mass is 362 g/mol. The predicted octanol–water partition coefficient (Wildman–Crippen LogP) is 3.76. The van der Waals surface area contributed by atoms with Gasteiger partial charge in [0.25, 0.3) is 5.91 Å². The van der Waals surface area contributed by atoms with Crippen LogP contribution in [0.25, 0.3) is 5.52 Å².